The second-order valence-corrected chi connectivity index (χ2v) is 6.21. The fourth-order valence-corrected chi connectivity index (χ4v) is 2.97. The molecule has 0 spiro atoms. The van der Waals surface area contributed by atoms with Crippen LogP contribution in [0.2, 0.25) is 0 Å². The number of halogens is 1. The first-order valence-electron chi connectivity index (χ1n) is 8.71. The summed E-state index contributed by atoms with van der Waals surface area (Å²) in [5.41, 5.74) is 1.40. The maximum absolute atomic E-state index is 13.9. The Morgan fingerprint density at radius 2 is 2.00 bits per heavy atom. The van der Waals surface area contributed by atoms with E-state index >= 15 is 0 Å². The number of benzene rings is 1. The van der Waals surface area contributed by atoms with Crippen molar-refractivity contribution in [3.8, 4) is 0 Å². The molecular formula is C19H19FN6O. The van der Waals surface area contributed by atoms with Gasteiger partial charge in [-0.3, -0.25) is 9.88 Å². The van der Waals surface area contributed by atoms with E-state index in [0.717, 1.165) is 6.54 Å². The highest BCUT2D eigenvalue weighted by molar-refractivity contribution is 5.45. The highest BCUT2D eigenvalue weighted by Crippen LogP contribution is 2.23. The minimum atomic E-state index is -0.225. The van der Waals surface area contributed by atoms with Gasteiger partial charge in [0.25, 0.3) is 0 Å². The monoisotopic (exact) mass is 366 g/mol. The molecule has 3 heterocycles. The Labute approximate surface area is 156 Å². The Balaban J connectivity index is 1.45. The number of morpholine rings is 1. The van der Waals surface area contributed by atoms with E-state index in [1.807, 2.05) is 12.1 Å². The van der Waals surface area contributed by atoms with Gasteiger partial charge >= 0.3 is 0 Å². The smallest absolute Gasteiger partial charge is 0.228 e. The van der Waals surface area contributed by atoms with Crippen molar-refractivity contribution in [2.75, 3.05) is 25.0 Å². The van der Waals surface area contributed by atoms with Crippen LogP contribution in [0.3, 0.4) is 0 Å². The minimum Gasteiger partial charge on any atom is -0.369 e. The van der Waals surface area contributed by atoms with E-state index < -0.39 is 0 Å². The number of rotatable bonds is 5. The van der Waals surface area contributed by atoms with Crippen LogP contribution >= 0.6 is 0 Å². The fourth-order valence-electron chi connectivity index (χ4n) is 2.97. The van der Waals surface area contributed by atoms with Crippen LogP contribution in [0.5, 0.6) is 0 Å². The van der Waals surface area contributed by atoms with Gasteiger partial charge in [0.05, 0.1) is 24.7 Å². The van der Waals surface area contributed by atoms with Gasteiger partial charge in [0.2, 0.25) is 5.95 Å². The molecule has 2 aromatic heterocycles. The van der Waals surface area contributed by atoms with Gasteiger partial charge in [-0.05, 0) is 12.1 Å². The molecule has 1 aromatic carbocycles. The molecule has 3 aromatic rings. The number of hydrogen-bond acceptors (Lipinski definition) is 7. The Bertz CT molecular complexity index is 894. The van der Waals surface area contributed by atoms with Crippen LogP contribution < -0.4 is 5.32 Å². The lowest BCUT2D eigenvalue weighted by Gasteiger charge is -2.32. The molecule has 1 aliphatic rings. The number of nitrogens with one attached hydrogen (secondary N) is 1. The molecule has 1 atom stereocenters. The number of aromatic nitrogens is 4. The molecule has 1 fully saturated rings. The first-order chi connectivity index (χ1) is 13.3. The van der Waals surface area contributed by atoms with Gasteiger partial charge in [-0.1, -0.05) is 18.2 Å². The largest absolute Gasteiger partial charge is 0.369 e. The molecule has 0 amide bonds. The second-order valence-electron chi connectivity index (χ2n) is 6.21. The number of hydrogen-bond donors (Lipinski definition) is 1. The quantitative estimate of drug-likeness (QED) is 0.744. The van der Waals surface area contributed by atoms with Gasteiger partial charge in [0.1, 0.15) is 11.9 Å². The lowest BCUT2D eigenvalue weighted by molar-refractivity contribution is -0.0353. The number of ether oxygens (including phenoxy) is 1. The summed E-state index contributed by atoms with van der Waals surface area (Å²) in [6, 6.07) is 8.59. The van der Waals surface area contributed by atoms with Crippen molar-refractivity contribution in [2.24, 2.45) is 0 Å². The first kappa shape index (κ1) is 17.4. The summed E-state index contributed by atoms with van der Waals surface area (Å²) in [6.07, 6.45) is 6.37. The fraction of sp³-hybridized carbons (Fsp3) is 0.263. The predicted molar refractivity (Wildman–Crippen MR) is 97.7 cm³/mol. The normalized spacial score (nSPS) is 17.6. The van der Waals surface area contributed by atoms with E-state index in [-0.39, 0.29) is 11.9 Å². The summed E-state index contributed by atoms with van der Waals surface area (Å²) in [7, 11) is 0. The average molecular weight is 366 g/mol. The molecule has 138 valence electrons. The molecule has 1 saturated heterocycles. The number of nitrogens with zero attached hydrogens (tertiary/aromatic N) is 5. The molecule has 8 heteroatoms. The van der Waals surface area contributed by atoms with Gasteiger partial charge in [0, 0.05) is 37.6 Å². The van der Waals surface area contributed by atoms with Gasteiger partial charge < -0.3 is 10.1 Å². The summed E-state index contributed by atoms with van der Waals surface area (Å²) in [5, 5.41) is 3.03. The molecule has 0 saturated carbocycles. The maximum atomic E-state index is 13.9. The summed E-state index contributed by atoms with van der Waals surface area (Å²) >= 11 is 0. The molecule has 0 radical (unpaired) electrons. The third kappa shape index (κ3) is 4.42. The van der Waals surface area contributed by atoms with E-state index in [1.165, 1.54) is 6.07 Å². The van der Waals surface area contributed by atoms with Gasteiger partial charge in [-0.2, -0.15) is 0 Å². The van der Waals surface area contributed by atoms with E-state index in [2.05, 4.69) is 30.2 Å². The van der Waals surface area contributed by atoms with Crippen LogP contribution in [0.4, 0.5) is 16.2 Å². The van der Waals surface area contributed by atoms with E-state index in [1.54, 1.807) is 36.9 Å². The second kappa shape index (κ2) is 8.15. The van der Waals surface area contributed by atoms with E-state index in [0.29, 0.717) is 42.7 Å². The molecule has 1 N–H and O–H groups in total. The molecule has 27 heavy (non-hydrogen) atoms. The summed E-state index contributed by atoms with van der Waals surface area (Å²) in [6.45, 7) is 2.46. The van der Waals surface area contributed by atoms with Crippen LogP contribution in [0, 0.1) is 5.82 Å². The van der Waals surface area contributed by atoms with Crippen LogP contribution in [0.25, 0.3) is 0 Å². The van der Waals surface area contributed by atoms with Crippen LogP contribution in [-0.4, -0.2) is 44.5 Å². The van der Waals surface area contributed by atoms with Crippen molar-refractivity contribution in [3.63, 3.8) is 0 Å². The Morgan fingerprint density at radius 1 is 1.15 bits per heavy atom. The van der Waals surface area contributed by atoms with Crippen molar-refractivity contribution < 1.29 is 9.13 Å². The van der Waals surface area contributed by atoms with E-state index in [9.17, 15) is 4.39 Å². The average Bonchev–Trinajstić information content (AvgIpc) is 2.71. The lowest BCUT2D eigenvalue weighted by atomic mass is 10.1. The number of anilines is 2. The van der Waals surface area contributed by atoms with Crippen molar-refractivity contribution >= 4 is 11.8 Å². The zero-order valence-corrected chi connectivity index (χ0v) is 14.6. The third-order valence-electron chi connectivity index (χ3n) is 4.29. The molecular weight excluding hydrogens is 347 g/mol. The Morgan fingerprint density at radius 3 is 2.85 bits per heavy atom. The highest BCUT2D eigenvalue weighted by Gasteiger charge is 2.24. The van der Waals surface area contributed by atoms with Crippen LogP contribution in [-0.2, 0) is 11.3 Å². The molecule has 1 aliphatic heterocycles. The molecule has 0 bridgehead atoms. The standard InChI is InChI=1S/C19H19FN6O/c20-15-5-2-1-4-14(15)12-26-8-9-27-17(13-26)16-10-21-11-18(24-16)25-19-22-6-3-7-23-19/h1-7,10-11,17H,8-9,12-13H2,(H,22,23,24,25). The molecule has 4 rings (SSSR count). The lowest BCUT2D eigenvalue weighted by Crippen LogP contribution is -2.38. The summed E-state index contributed by atoms with van der Waals surface area (Å²) < 4.78 is 19.8. The zero-order chi connectivity index (χ0) is 18.5. The Kier molecular flexibility index (Phi) is 5.27. The summed E-state index contributed by atoms with van der Waals surface area (Å²) in [4.78, 5) is 19.2. The molecule has 1 unspecified atom stereocenters. The zero-order valence-electron chi connectivity index (χ0n) is 14.6. The minimum absolute atomic E-state index is 0.186. The SMILES string of the molecule is Fc1ccccc1CN1CCOC(c2cncc(Nc3ncccn3)n2)C1. The van der Waals surface area contributed by atoms with Crippen molar-refractivity contribution in [2.45, 2.75) is 12.6 Å². The van der Waals surface area contributed by atoms with Crippen molar-refractivity contribution in [1.29, 1.82) is 0 Å². The van der Waals surface area contributed by atoms with Crippen molar-refractivity contribution in [1.82, 2.24) is 24.8 Å². The van der Waals surface area contributed by atoms with Gasteiger partial charge in [0.15, 0.2) is 5.82 Å². The molecule has 0 aliphatic carbocycles. The Hall–Kier alpha value is -2.97. The maximum Gasteiger partial charge on any atom is 0.228 e. The van der Waals surface area contributed by atoms with E-state index in [4.69, 9.17) is 4.74 Å². The van der Waals surface area contributed by atoms with Crippen molar-refractivity contribution in [3.05, 3.63) is 72.2 Å². The third-order valence-corrected chi connectivity index (χ3v) is 4.29. The summed E-state index contributed by atoms with van der Waals surface area (Å²) in [5.74, 6) is 0.817. The predicted octanol–water partition coefficient (Wildman–Crippen LogP) is 2.72. The highest BCUT2D eigenvalue weighted by atomic mass is 19.1. The van der Waals surface area contributed by atoms with Crippen LogP contribution in [0.15, 0.2) is 55.1 Å². The topological polar surface area (TPSA) is 76.1 Å². The van der Waals surface area contributed by atoms with Gasteiger partial charge in [-0.15, -0.1) is 0 Å². The van der Waals surface area contributed by atoms with Gasteiger partial charge in [-0.25, -0.2) is 19.3 Å². The molecule has 7 nitrogen and oxygen atoms in total. The first-order valence-corrected chi connectivity index (χ1v) is 8.71. The van der Waals surface area contributed by atoms with Crippen LogP contribution in [0.1, 0.15) is 17.4 Å².